The second-order valence-corrected chi connectivity index (χ2v) is 4.63. The van der Waals surface area contributed by atoms with E-state index < -0.39 is 17.6 Å². The number of hydrogen-bond donors (Lipinski definition) is 1. The average Bonchev–Trinajstić information content (AvgIpc) is 2.48. The molecular weight excluding hydrogens is 248 g/mol. The van der Waals surface area contributed by atoms with Crippen LogP contribution in [0.25, 0.3) is 11.1 Å². The average molecular weight is 259 g/mol. The summed E-state index contributed by atoms with van der Waals surface area (Å²) in [6.07, 6.45) is 0. The van der Waals surface area contributed by atoms with Crippen LogP contribution in [-0.2, 0) is 4.79 Å². The van der Waals surface area contributed by atoms with Crippen molar-refractivity contribution in [3.63, 3.8) is 0 Å². The molecule has 1 aliphatic rings. The number of halogens is 2. The highest BCUT2D eigenvalue weighted by Gasteiger charge is 2.25. The number of rotatable bonds is 0. The molecule has 19 heavy (non-hydrogen) atoms. The van der Waals surface area contributed by atoms with Crippen molar-refractivity contribution in [3.05, 3.63) is 53.6 Å². The summed E-state index contributed by atoms with van der Waals surface area (Å²) in [5, 5.41) is 2.74. The highest BCUT2D eigenvalue weighted by atomic mass is 19.1. The van der Waals surface area contributed by atoms with Crippen LogP contribution in [0.4, 0.5) is 14.5 Å². The van der Waals surface area contributed by atoms with Crippen molar-refractivity contribution in [1.29, 1.82) is 0 Å². The Labute approximate surface area is 109 Å². The normalized spacial score (nSPS) is 17.2. The maximum absolute atomic E-state index is 13.4. The third-order valence-corrected chi connectivity index (χ3v) is 3.40. The van der Waals surface area contributed by atoms with Crippen LogP contribution in [0.3, 0.4) is 0 Å². The van der Waals surface area contributed by atoms with Gasteiger partial charge in [-0.2, -0.15) is 0 Å². The lowest BCUT2D eigenvalue weighted by molar-refractivity contribution is -0.117. The first-order valence-electron chi connectivity index (χ1n) is 5.96. The van der Waals surface area contributed by atoms with Gasteiger partial charge in [-0.25, -0.2) is 8.78 Å². The lowest BCUT2D eigenvalue weighted by atomic mass is 9.92. The van der Waals surface area contributed by atoms with Gasteiger partial charge >= 0.3 is 0 Å². The molecule has 0 saturated carbocycles. The number of nitrogens with one attached hydrogen (secondary N) is 1. The molecule has 1 heterocycles. The van der Waals surface area contributed by atoms with Gasteiger partial charge in [0.1, 0.15) is 11.6 Å². The lowest BCUT2D eigenvalue weighted by Gasteiger charge is -2.11. The van der Waals surface area contributed by atoms with Crippen LogP contribution >= 0.6 is 0 Å². The lowest BCUT2D eigenvalue weighted by Crippen LogP contribution is -2.17. The Morgan fingerprint density at radius 1 is 1.00 bits per heavy atom. The molecule has 96 valence electrons. The number of anilines is 1. The number of benzene rings is 2. The molecule has 1 amide bonds. The van der Waals surface area contributed by atoms with Crippen molar-refractivity contribution in [2.75, 3.05) is 5.32 Å². The van der Waals surface area contributed by atoms with Crippen LogP contribution in [0.15, 0.2) is 36.4 Å². The Kier molecular flexibility index (Phi) is 2.59. The molecule has 0 saturated heterocycles. The molecule has 2 aromatic rings. The molecule has 0 spiro atoms. The standard InChI is InChI=1S/C15H11F2NO/c1-8-11-4-2-9(16)6-12(11)13-7-10(17)3-5-14(13)18-15(8)19/h2-8H,1H3,(H,18,19). The molecule has 0 fully saturated rings. The number of hydrogen-bond acceptors (Lipinski definition) is 1. The van der Waals surface area contributed by atoms with Gasteiger partial charge < -0.3 is 5.32 Å². The zero-order valence-corrected chi connectivity index (χ0v) is 10.2. The molecule has 0 aromatic heterocycles. The fraction of sp³-hybridized carbons (Fsp3) is 0.133. The summed E-state index contributed by atoms with van der Waals surface area (Å²) in [6.45, 7) is 1.74. The molecule has 1 unspecified atom stereocenters. The summed E-state index contributed by atoms with van der Waals surface area (Å²) in [4.78, 5) is 12.0. The van der Waals surface area contributed by atoms with E-state index in [1.807, 2.05) is 0 Å². The predicted molar refractivity (Wildman–Crippen MR) is 68.8 cm³/mol. The van der Waals surface area contributed by atoms with Crippen molar-refractivity contribution >= 4 is 11.6 Å². The number of fused-ring (bicyclic) bond motifs is 3. The van der Waals surface area contributed by atoms with Crippen molar-refractivity contribution in [2.24, 2.45) is 0 Å². The van der Waals surface area contributed by atoms with Gasteiger partial charge in [0.15, 0.2) is 0 Å². The van der Waals surface area contributed by atoms with E-state index in [9.17, 15) is 13.6 Å². The minimum Gasteiger partial charge on any atom is -0.325 e. The molecular formula is C15H11F2NO. The Morgan fingerprint density at radius 3 is 2.37 bits per heavy atom. The molecule has 0 radical (unpaired) electrons. The fourth-order valence-corrected chi connectivity index (χ4v) is 2.37. The quantitative estimate of drug-likeness (QED) is 0.768. The van der Waals surface area contributed by atoms with Crippen molar-refractivity contribution in [3.8, 4) is 11.1 Å². The summed E-state index contributed by atoms with van der Waals surface area (Å²) < 4.78 is 26.9. The van der Waals surface area contributed by atoms with Gasteiger partial charge in [-0.15, -0.1) is 0 Å². The van der Waals surface area contributed by atoms with E-state index in [0.29, 0.717) is 22.4 Å². The first-order valence-corrected chi connectivity index (χ1v) is 5.96. The summed E-state index contributed by atoms with van der Waals surface area (Å²) in [5.41, 5.74) is 2.26. The summed E-state index contributed by atoms with van der Waals surface area (Å²) in [6, 6.07) is 8.31. The number of amides is 1. The topological polar surface area (TPSA) is 29.1 Å². The molecule has 1 aliphatic heterocycles. The first kappa shape index (κ1) is 11.8. The molecule has 0 bridgehead atoms. The van der Waals surface area contributed by atoms with Gasteiger partial charge in [0.2, 0.25) is 5.91 Å². The van der Waals surface area contributed by atoms with Crippen LogP contribution in [-0.4, -0.2) is 5.91 Å². The third-order valence-electron chi connectivity index (χ3n) is 3.40. The highest BCUT2D eigenvalue weighted by molar-refractivity contribution is 6.03. The molecule has 0 aliphatic carbocycles. The molecule has 1 N–H and O–H groups in total. The Morgan fingerprint density at radius 2 is 1.63 bits per heavy atom. The van der Waals surface area contributed by atoms with Gasteiger partial charge in [-0.3, -0.25) is 4.79 Å². The largest absolute Gasteiger partial charge is 0.325 e. The van der Waals surface area contributed by atoms with E-state index in [2.05, 4.69) is 5.32 Å². The summed E-state index contributed by atoms with van der Waals surface area (Å²) >= 11 is 0. The fourth-order valence-electron chi connectivity index (χ4n) is 2.37. The van der Waals surface area contributed by atoms with E-state index in [0.717, 1.165) is 0 Å². The van der Waals surface area contributed by atoms with Crippen LogP contribution in [0.2, 0.25) is 0 Å². The minimum absolute atomic E-state index is 0.182. The SMILES string of the molecule is CC1C(=O)Nc2ccc(F)cc2-c2cc(F)ccc21. The second kappa shape index (κ2) is 4.16. The number of carbonyl (C=O) groups is 1. The van der Waals surface area contributed by atoms with E-state index in [1.54, 1.807) is 13.0 Å². The zero-order chi connectivity index (χ0) is 13.6. The molecule has 2 nitrogen and oxygen atoms in total. The first-order chi connectivity index (χ1) is 9.06. The van der Waals surface area contributed by atoms with Crippen LogP contribution in [0.5, 0.6) is 0 Å². The van der Waals surface area contributed by atoms with Gasteiger partial charge in [0.25, 0.3) is 0 Å². The van der Waals surface area contributed by atoms with Crippen LogP contribution in [0.1, 0.15) is 18.4 Å². The van der Waals surface area contributed by atoms with Gasteiger partial charge in [-0.05, 0) is 48.4 Å². The van der Waals surface area contributed by atoms with Crippen LogP contribution < -0.4 is 5.32 Å². The Hall–Kier alpha value is -2.23. The summed E-state index contributed by atoms with van der Waals surface area (Å²) in [7, 11) is 0. The minimum atomic E-state index is -0.419. The van der Waals surface area contributed by atoms with Crippen molar-refractivity contribution < 1.29 is 13.6 Å². The molecule has 1 atom stereocenters. The highest BCUT2D eigenvalue weighted by Crippen LogP contribution is 2.38. The molecule has 2 aromatic carbocycles. The smallest absolute Gasteiger partial charge is 0.231 e. The molecule has 4 heteroatoms. The Bertz CT molecular complexity index is 682. The van der Waals surface area contributed by atoms with E-state index >= 15 is 0 Å². The maximum atomic E-state index is 13.4. The Balaban J connectivity index is 2.35. The van der Waals surface area contributed by atoms with Crippen LogP contribution in [0, 0.1) is 11.6 Å². The second-order valence-electron chi connectivity index (χ2n) is 4.63. The van der Waals surface area contributed by atoms with Gasteiger partial charge in [0, 0.05) is 11.3 Å². The predicted octanol–water partition coefficient (Wildman–Crippen LogP) is 3.69. The monoisotopic (exact) mass is 259 g/mol. The third kappa shape index (κ3) is 1.89. The number of carbonyl (C=O) groups excluding carboxylic acids is 1. The van der Waals surface area contributed by atoms with Crippen molar-refractivity contribution in [1.82, 2.24) is 0 Å². The van der Waals surface area contributed by atoms with E-state index in [-0.39, 0.29) is 5.91 Å². The zero-order valence-electron chi connectivity index (χ0n) is 10.2. The van der Waals surface area contributed by atoms with Gasteiger partial charge in [-0.1, -0.05) is 6.07 Å². The maximum Gasteiger partial charge on any atom is 0.231 e. The van der Waals surface area contributed by atoms with Crippen molar-refractivity contribution in [2.45, 2.75) is 12.8 Å². The molecule has 3 rings (SSSR count). The summed E-state index contributed by atoms with van der Waals surface area (Å²) in [5.74, 6) is -1.42. The van der Waals surface area contributed by atoms with E-state index in [4.69, 9.17) is 0 Å². The van der Waals surface area contributed by atoms with E-state index in [1.165, 1.54) is 30.3 Å². The van der Waals surface area contributed by atoms with Gasteiger partial charge in [0.05, 0.1) is 5.92 Å².